The number of benzene rings is 1. The Bertz CT molecular complexity index is 673. The van der Waals surface area contributed by atoms with Gasteiger partial charge < -0.3 is 10.4 Å². The van der Waals surface area contributed by atoms with Crippen LogP contribution in [-0.2, 0) is 6.42 Å². The van der Waals surface area contributed by atoms with Crippen LogP contribution in [0.1, 0.15) is 27.4 Å². The van der Waals surface area contributed by atoms with Gasteiger partial charge in [0.15, 0.2) is 0 Å². The zero-order chi connectivity index (χ0) is 14.1. The molecule has 0 saturated carbocycles. The molecule has 2 aromatic rings. The van der Waals surface area contributed by atoms with E-state index in [1.54, 1.807) is 0 Å². The fourth-order valence-corrected chi connectivity index (χ4v) is 2.76. The number of hydrogen-bond donors (Lipinski definition) is 2. The lowest BCUT2D eigenvalue weighted by Crippen LogP contribution is -2.24. The van der Waals surface area contributed by atoms with Crippen molar-refractivity contribution < 1.29 is 9.90 Å². The molecule has 0 spiro atoms. The summed E-state index contributed by atoms with van der Waals surface area (Å²) in [6.45, 7) is 0.701. The molecule has 1 aromatic carbocycles. The third-order valence-electron chi connectivity index (χ3n) is 3.60. The van der Waals surface area contributed by atoms with Gasteiger partial charge in [-0.05, 0) is 23.6 Å². The van der Waals surface area contributed by atoms with E-state index in [0.29, 0.717) is 18.3 Å². The third-order valence-corrected chi connectivity index (χ3v) is 3.98. The average molecular weight is 289 g/mol. The molecule has 0 aliphatic heterocycles. The molecule has 0 bridgehead atoms. The SMILES string of the molecule is O=C(O)c1ccnc(NCC2Cc3ccccc32)c1Cl. The first kappa shape index (κ1) is 12.9. The summed E-state index contributed by atoms with van der Waals surface area (Å²) in [6.07, 6.45) is 2.48. The Morgan fingerprint density at radius 2 is 2.20 bits per heavy atom. The Morgan fingerprint density at radius 1 is 1.40 bits per heavy atom. The summed E-state index contributed by atoms with van der Waals surface area (Å²) in [5, 5.41) is 12.3. The van der Waals surface area contributed by atoms with Crippen LogP contribution in [0.4, 0.5) is 5.82 Å². The third kappa shape index (κ3) is 2.23. The summed E-state index contributed by atoms with van der Waals surface area (Å²) in [5.74, 6) is -0.192. The van der Waals surface area contributed by atoms with E-state index in [0.717, 1.165) is 6.42 Å². The maximum Gasteiger partial charge on any atom is 0.337 e. The molecule has 1 aliphatic carbocycles. The molecule has 2 N–H and O–H groups in total. The number of anilines is 1. The lowest BCUT2D eigenvalue weighted by molar-refractivity contribution is 0.0697. The van der Waals surface area contributed by atoms with Gasteiger partial charge >= 0.3 is 5.97 Å². The lowest BCUT2D eigenvalue weighted by Gasteiger charge is -2.30. The van der Waals surface area contributed by atoms with Gasteiger partial charge in [-0.25, -0.2) is 9.78 Å². The highest BCUT2D eigenvalue weighted by Crippen LogP contribution is 2.35. The van der Waals surface area contributed by atoms with Crippen molar-refractivity contribution in [2.75, 3.05) is 11.9 Å². The number of aromatic carboxylic acids is 1. The number of halogens is 1. The zero-order valence-corrected chi connectivity index (χ0v) is 11.4. The number of pyridine rings is 1. The molecule has 1 aromatic heterocycles. The van der Waals surface area contributed by atoms with E-state index in [-0.39, 0.29) is 10.6 Å². The summed E-state index contributed by atoms with van der Waals surface area (Å²) >= 11 is 6.04. The Balaban J connectivity index is 1.72. The van der Waals surface area contributed by atoms with Crippen LogP contribution >= 0.6 is 11.6 Å². The zero-order valence-electron chi connectivity index (χ0n) is 10.6. The van der Waals surface area contributed by atoms with Gasteiger partial charge in [-0.1, -0.05) is 35.9 Å². The van der Waals surface area contributed by atoms with Crippen molar-refractivity contribution in [2.45, 2.75) is 12.3 Å². The maximum atomic E-state index is 11.0. The minimum Gasteiger partial charge on any atom is -0.478 e. The van der Waals surface area contributed by atoms with Crippen molar-refractivity contribution in [1.29, 1.82) is 0 Å². The summed E-state index contributed by atoms with van der Waals surface area (Å²) in [4.78, 5) is 15.1. The number of carboxylic acids is 1. The number of nitrogens with one attached hydrogen (secondary N) is 1. The molecule has 0 saturated heterocycles. The Morgan fingerprint density at radius 3 is 2.95 bits per heavy atom. The number of hydrogen-bond acceptors (Lipinski definition) is 3. The highest BCUT2D eigenvalue weighted by Gasteiger charge is 2.25. The van der Waals surface area contributed by atoms with Gasteiger partial charge in [0.05, 0.1) is 10.6 Å². The van der Waals surface area contributed by atoms with Crippen LogP contribution in [0.5, 0.6) is 0 Å². The molecule has 4 nitrogen and oxygen atoms in total. The first-order valence-corrected chi connectivity index (χ1v) is 6.74. The fourth-order valence-electron chi connectivity index (χ4n) is 2.50. The highest BCUT2D eigenvalue weighted by atomic mass is 35.5. The number of carbonyl (C=O) groups is 1. The molecular weight excluding hydrogens is 276 g/mol. The largest absolute Gasteiger partial charge is 0.478 e. The number of carboxylic acid groups (broad SMARTS) is 1. The molecule has 102 valence electrons. The van der Waals surface area contributed by atoms with Crippen LogP contribution in [-0.4, -0.2) is 22.6 Å². The molecular formula is C15H13ClN2O2. The van der Waals surface area contributed by atoms with E-state index in [2.05, 4.69) is 22.4 Å². The molecule has 1 heterocycles. The Kier molecular flexibility index (Phi) is 3.32. The van der Waals surface area contributed by atoms with E-state index in [9.17, 15) is 4.79 Å². The van der Waals surface area contributed by atoms with Crippen LogP contribution in [0.3, 0.4) is 0 Å². The van der Waals surface area contributed by atoms with Gasteiger partial charge in [-0.15, -0.1) is 0 Å². The first-order valence-electron chi connectivity index (χ1n) is 6.36. The van der Waals surface area contributed by atoms with Crippen LogP contribution in [0, 0.1) is 0 Å². The van der Waals surface area contributed by atoms with Gasteiger partial charge in [-0.3, -0.25) is 0 Å². The predicted octanol–water partition coefficient (Wildman–Crippen LogP) is 3.19. The monoisotopic (exact) mass is 288 g/mol. The number of nitrogens with zero attached hydrogens (tertiary/aromatic N) is 1. The van der Waals surface area contributed by atoms with Crippen LogP contribution in [0.25, 0.3) is 0 Å². The van der Waals surface area contributed by atoms with E-state index in [1.165, 1.54) is 23.4 Å². The second-order valence-corrected chi connectivity index (χ2v) is 5.18. The van der Waals surface area contributed by atoms with Crippen molar-refractivity contribution in [3.05, 3.63) is 58.2 Å². The van der Waals surface area contributed by atoms with Crippen molar-refractivity contribution in [2.24, 2.45) is 0 Å². The van der Waals surface area contributed by atoms with Gasteiger partial charge in [0.1, 0.15) is 5.82 Å². The quantitative estimate of drug-likeness (QED) is 0.907. The molecule has 20 heavy (non-hydrogen) atoms. The standard InChI is InChI=1S/C15H13ClN2O2/c16-13-12(15(19)20)5-6-17-14(13)18-8-10-7-9-3-1-2-4-11(9)10/h1-6,10H,7-8H2,(H,17,18)(H,19,20). The topological polar surface area (TPSA) is 62.2 Å². The molecule has 0 amide bonds. The van der Waals surface area contributed by atoms with E-state index >= 15 is 0 Å². The van der Waals surface area contributed by atoms with Gasteiger partial charge in [0, 0.05) is 18.7 Å². The van der Waals surface area contributed by atoms with Crippen LogP contribution in [0.15, 0.2) is 36.5 Å². The summed E-state index contributed by atoms with van der Waals surface area (Å²) in [6, 6.07) is 9.71. The molecule has 1 unspecified atom stereocenters. The summed E-state index contributed by atoms with van der Waals surface area (Å²) < 4.78 is 0. The van der Waals surface area contributed by atoms with Gasteiger partial charge in [0.25, 0.3) is 0 Å². The minimum atomic E-state index is -1.05. The number of aromatic nitrogens is 1. The second-order valence-electron chi connectivity index (χ2n) is 4.81. The van der Waals surface area contributed by atoms with Crippen molar-refractivity contribution >= 4 is 23.4 Å². The molecule has 1 atom stereocenters. The molecule has 5 heteroatoms. The molecule has 0 radical (unpaired) electrons. The number of rotatable bonds is 4. The summed E-state index contributed by atoms with van der Waals surface area (Å²) in [5.41, 5.74) is 2.78. The predicted molar refractivity (Wildman–Crippen MR) is 77.6 cm³/mol. The van der Waals surface area contributed by atoms with E-state index in [1.807, 2.05) is 12.1 Å². The minimum absolute atomic E-state index is 0.0678. The first-order chi connectivity index (χ1) is 9.66. The van der Waals surface area contributed by atoms with Crippen molar-refractivity contribution in [3.8, 4) is 0 Å². The smallest absolute Gasteiger partial charge is 0.337 e. The van der Waals surface area contributed by atoms with Crippen molar-refractivity contribution in [1.82, 2.24) is 4.98 Å². The van der Waals surface area contributed by atoms with E-state index < -0.39 is 5.97 Å². The molecule has 1 aliphatic rings. The highest BCUT2D eigenvalue weighted by molar-refractivity contribution is 6.35. The molecule has 0 fully saturated rings. The maximum absolute atomic E-state index is 11.0. The van der Waals surface area contributed by atoms with Gasteiger partial charge in [-0.2, -0.15) is 0 Å². The second kappa shape index (κ2) is 5.13. The summed E-state index contributed by atoms with van der Waals surface area (Å²) in [7, 11) is 0. The lowest BCUT2D eigenvalue weighted by atomic mass is 9.77. The average Bonchev–Trinajstić information content (AvgIpc) is 2.41. The van der Waals surface area contributed by atoms with Gasteiger partial charge in [0.2, 0.25) is 0 Å². The van der Waals surface area contributed by atoms with Crippen molar-refractivity contribution in [3.63, 3.8) is 0 Å². The normalized spacial score (nSPS) is 16.1. The Hall–Kier alpha value is -2.07. The number of fused-ring (bicyclic) bond motifs is 1. The molecule has 3 rings (SSSR count). The van der Waals surface area contributed by atoms with E-state index in [4.69, 9.17) is 16.7 Å². The van der Waals surface area contributed by atoms with Crippen LogP contribution < -0.4 is 5.32 Å². The Labute approximate surface area is 121 Å². The fraction of sp³-hybridized carbons (Fsp3) is 0.200. The van der Waals surface area contributed by atoms with Crippen LogP contribution in [0.2, 0.25) is 5.02 Å².